The van der Waals surface area contributed by atoms with Gasteiger partial charge in [-0.25, -0.2) is 4.85 Å². The fourth-order valence-electron chi connectivity index (χ4n) is 5.26. The number of rotatable bonds is 6. The first kappa shape index (κ1) is 23.1. The minimum absolute atomic E-state index is 0.00851. The molecule has 3 atom stereocenters. The van der Waals surface area contributed by atoms with Gasteiger partial charge in [-0.15, -0.1) is 0 Å². The molecule has 1 aliphatic carbocycles. The van der Waals surface area contributed by atoms with E-state index in [-0.39, 0.29) is 30.4 Å². The summed E-state index contributed by atoms with van der Waals surface area (Å²) >= 11 is 0. The second-order valence-corrected chi connectivity index (χ2v) is 9.43. The lowest BCUT2D eigenvalue weighted by molar-refractivity contribution is -0.136. The first-order chi connectivity index (χ1) is 17.0. The Balaban J connectivity index is 1.25. The number of benzene rings is 2. The zero-order valence-corrected chi connectivity index (χ0v) is 19.5. The van der Waals surface area contributed by atoms with Crippen LogP contribution in [-0.2, 0) is 22.7 Å². The minimum Gasteiger partial charge on any atom is -0.489 e. The van der Waals surface area contributed by atoms with Gasteiger partial charge in [0, 0.05) is 31.1 Å². The third kappa shape index (κ3) is 4.91. The molecule has 180 valence electrons. The average molecular weight is 473 g/mol. The van der Waals surface area contributed by atoms with Gasteiger partial charge in [0.15, 0.2) is 5.69 Å². The summed E-state index contributed by atoms with van der Waals surface area (Å²) < 4.78 is 6.41. The summed E-state index contributed by atoms with van der Waals surface area (Å²) in [6.07, 6.45) is 4.79. The number of ether oxygens (including phenoxy) is 1. The van der Waals surface area contributed by atoms with Crippen molar-refractivity contribution in [2.24, 2.45) is 0 Å². The molecule has 5 rings (SSSR count). The second kappa shape index (κ2) is 9.88. The number of carbonyl (C=O) groups is 3. The number of hydrogen-bond acceptors (Lipinski definition) is 5. The number of fused-ring (bicyclic) bond motifs is 1. The van der Waals surface area contributed by atoms with E-state index in [2.05, 4.69) is 15.5 Å². The third-order valence-corrected chi connectivity index (χ3v) is 7.09. The van der Waals surface area contributed by atoms with Crippen LogP contribution < -0.4 is 15.4 Å². The molecular weight excluding hydrogens is 444 g/mol. The lowest BCUT2D eigenvalue weighted by atomic mass is 9.92. The molecule has 2 fully saturated rings. The predicted octanol–water partition coefficient (Wildman–Crippen LogP) is 3.48. The average Bonchev–Trinajstić information content (AvgIpc) is 3.19. The minimum atomic E-state index is -0.620. The lowest BCUT2D eigenvalue weighted by Crippen LogP contribution is -2.52. The number of nitrogens with one attached hydrogen (secondary N) is 2. The molecule has 8 heteroatoms. The fraction of sp³-hybridized carbons (Fsp3) is 0.407. The Labute approximate surface area is 204 Å². The molecule has 1 saturated heterocycles. The highest BCUT2D eigenvalue weighted by molar-refractivity contribution is 6.05. The van der Waals surface area contributed by atoms with Crippen molar-refractivity contribution < 1.29 is 19.1 Å². The predicted molar refractivity (Wildman–Crippen MR) is 129 cm³/mol. The maximum Gasteiger partial charge on any atom is 0.255 e. The number of nitrogens with zero attached hydrogens (tertiary/aromatic N) is 2. The summed E-state index contributed by atoms with van der Waals surface area (Å²) in [5.74, 6) is -0.159. The van der Waals surface area contributed by atoms with Gasteiger partial charge >= 0.3 is 0 Å². The van der Waals surface area contributed by atoms with Crippen molar-refractivity contribution in [1.82, 2.24) is 15.5 Å². The second-order valence-electron chi connectivity index (χ2n) is 9.43. The molecule has 0 bridgehead atoms. The number of carbonyl (C=O) groups excluding carboxylic acids is 3. The van der Waals surface area contributed by atoms with Crippen molar-refractivity contribution >= 4 is 23.4 Å². The molecule has 3 aliphatic rings. The van der Waals surface area contributed by atoms with Crippen LogP contribution in [0.3, 0.4) is 0 Å². The number of amides is 3. The summed E-state index contributed by atoms with van der Waals surface area (Å²) in [5.41, 5.74) is 3.14. The van der Waals surface area contributed by atoms with Gasteiger partial charge in [-0.1, -0.05) is 30.7 Å². The highest BCUT2D eigenvalue weighted by Gasteiger charge is 2.39. The van der Waals surface area contributed by atoms with E-state index in [4.69, 9.17) is 11.3 Å². The molecule has 1 saturated carbocycles. The van der Waals surface area contributed by atoms with Gasteiger partial charge in [-0.05, 0) is 55.0 Å². The molecule has 2 aliphatic heterocycles. The zero-order chi connectivity index (χ0) is 24.4. The lowest BCUT2D eigenvalue weighted by Gasteiger charge is -2.33. The van der Waals surface area contributed by atoms with Gasteiger partial charge in [0.1, 0.15) is 17.9 Å². The van der Waals surface area contributed by atoms with Crippen molar-refractivity contribution in [3.8, 4) is 5.75 Å². The molecule has 3 amide bonds. The largest absolute Gasteiger partial charge is 0.489 e. The van der Waals surface area contributed by atoms with E-state index in [0.717, 1.165) is 42.6 Å². The van der Waals surface area contributed by atoms with Crippen molar-refractivity contribution in [2.75, 3.05) is 0 Å². The highest BCUT2D eigenvalue weighted by atomic mass is 16.5. The van der Waals surface area contributed by atoms with Crippen LogP contribution in [0.1, 0.15) is 60.0 Å². The molecule has 35 heavy (non-hydrogen) atoms. The van der Waals surface area contributed by atoms with Crippen LogP contribution in [0, 0.1) is 6.57 Å². The molecule has 0 spiro atoms. The molecule has 2 N–H and O–H groups in total. The standard InChI is InChI=1S/C27H28N4O4/c1-28-19-6-4-5-17(13-19)15-29-22-7-2-3-8-24(22)35-20-9-10-21-18(14-20)16-31(27(21)34)23-11-12-25(32)30-26(23)33/h4-6,9-10,13-14,22-24,29H,2-3,7-8,11-12,15-16H2,(H,30,32,33)/t22-,23?,24+/m0/s1. The Morgan fingerprint density at radius 2 is 1.94 bits per heavy atom. The van der Waals surface area contributed by atoms with E-state index in [0.29, 0.717) is 30.8 Å². The number of imide groups is 1. The highest BCUT2D eigenvalue weighted by Crippen LogP contribution is 2.32. The first-order valence-electron chi connectivity index (χ1n) is 12.2. The Morgan fingerprint density at radius 3 is 2.77 bits per heavy atom. The normalized spacial score (nSPS) is 24.0. The van der Waals surface area contributed by atoms with Crippen molar-refractivity contribution in [2.45, 2.75) is 69.8 Å². The Hall–Kier alpha value is -3.70. The summed E-state index contributed by atoms with van der Waals surface area (Å²) in [6.45, 7) is 8.22. The summed E-state index contributed by atoms with van der Waals surface area (Å²) in [5, 5.41) is 5.95. The first-order valence-corrected chi connectivity index (χ1v) is 12.2. The van der Waals surface area contributed by atoms with E-state index in [1.807, 2.05) is 36.4 Å². The molecule has 0 aromatic heterocycles. The van der Waals surface area contributed by atoms with Crippen LogP contribution in [0.2, 0.25) is 0 Å². The van der Waals surface area contributed by atoms with Crippen LogP contribution in [0.4, 0.5) is 5.69 Å². The third-order valence-electron chi connectivity index (χ3n) is 7.09. The maximum atomic E-state index is 12.9. The van der Waals surface area contributed by atoms with Gasteiger partial charge in [-0.3, -0.25) is 19.7 Å². The van der Waals surface area contributed by atoms with Crippen LogP contribution >= 0.6 is 0 Å². The Morgan fingerprint density at radius 1 is 1.09 bits per heavy atom. The van der Waals surface area contributed by atoms with E-state index in [1.165, 1.54) is 0 Å². The smallest absolute Gasteiger partial charge is 0.255 e. The molecule has 0 radical (unpaired) electrons. The number of piperidine rings is 1. The zero-order valence-electron chi connectivity index (χ0n) is 19.5. The fourth-order valence-corrected chi connectivity index (χ4v) is 5.26. The van der Waals surface area contributed by atoms with Crippen molar-refractivity contribution in [1.29, 1.82) is 0 Å². The van der Waals surface area contributed by atoms with Crippen LogP contribution in [0.5, 0.6) is 5.75 Å². The van der Waals surface area contributed by atoms with Crippen LogP contribution in [0.15, 0.2) is 42.5 Å². The monoisotopic (exact) mass is 472 g/mol. The Kier molecular flexibility index (Phi) is 6.51. The molecule has 2 aromatic rings. The molecule has 8 nitrogen and oxygen atoms in total. The summed E-state index contributed by atoms with van der Waals surface area (Å²) in [7, 11) is 0. The van der Waals surface area contributed by atoms with Gasteiger partial charge in [0.25, 0.3) is 5.91 Å². The van der Waals surface area contributed by atoms with Crippen molar-refractivity contribution in [3.05, 3.63) is 70.6 Å². The number of hydrogen-bond donors (Lipinski definition) is 2. The van der Waals surface area contributed by atoms with E-state index in [1.54, 1.807) is 11.0 Å². The van der Waals surface area contributed by atoms with Gasteiger partial charge in [0.2, 0.25) is 11.8 Å². The van der Waals surface area contributed by atoms with Crippen LogP contribution in [0.25, 0.3) is 4.85 Å². The van der Waals surface area contributed by atoms with Gasteiger partial charge in [0.05, 0.1) is 6.57 Å². The Bertz CT molecular complexity index is 1200. The topological polar surface area (TPSA) is 92.1 Å². The van der Waals surface area contributed by atoms with Gasteiger partial charge in [-0.2, -0.15) is 0 Å². The van der Waals surface area contributed by atoms with E-state index < -0.39 is 11.9 Å². The maximum absolute atomic E-state index is 12.9. The van der Waals surface area contributed by atoms with Gasteiger partial charge < -0.3 is 15.0 Å². The van der Waals surface area contributed by atoms with E-state index in [9.17, 15) is 14.4 Å². The molecule has 2 aromatic carbocycles. The molecule has 1 unspecified atom stereocenters. The molecule has 2 heterocycles. The quantitative estimate of drug-likeness (QED) is 0.496. The molecular formula is C27H28N4O4. The van der Waals surface area contributed by atoms with Crippen molar-refractivity contribution in [3.63, 3.8) is 0 Å². The van der Waals surface area contributed by atoms with E-state index >= 15 is 0 Å². The SMILES string of the molecule is [C-]#[N+]c1cccc(CN[C@H]2CCCC[C@H]2Oc2ccc3c(c2)CN(C2CCC(=O)NC2=O)C3=O)c1. The summed E-state index contributed by atoms with van der Waals surface area (Å²) in [6, 6.07) is 12.7. The summed E-state index contributed by atoms with van der Waals surface area (Å²) in [4.78, 5) is 41.8. The van der Waals surface area contributed by atoms with Crippen LogP contribution in [-0.4, -0.2) is 40.8 Å².